The highest BCUT2D eigenvalue weighted by molar-refractivity contribution is 5.75. The van der Waals surface area contributed by atoms with Gasteiger partial charge < -0.3 is 9.64 Å². The SMILES string of the molecule is Cc1cccc(F)c1N1CCC(c2c(C)c3nccnc3n(Cc3nccnc3OCC(F)(F)F)c2=O)CC1. The third-order valence-corrected chi connectivity index (χ3v) is 6.99. The molecule has 0 aliphatic carbocycles. The first-order valence-electron chi connectivity index (χ1n) is 12.5. The lowest BCUT2D eigenvalue weighted by molar-refractivity contribution is -0.154. The highest BCUT2D eigenvalue weighted by Gasteiger charge is 2.31. The molecule has 39 heavy (non-hydrogen) atoms. The Labute approximate surface area is 221 Å². The van der Waals surface area contributed by atoms with Crippen LogP contribution < -0.4 is 15.2 Å². The molecule has 3 aromatic heterocycles. The third-order valence-electron chi connectivity index (χ3n) is 6.99. The van der Waals surface area contributed by atoms with E-state index in [1.807, 2.05) is 24.8 Å². The van der Waals surface area contributed by atoms with E-state index in [1.54, 1.807) is 6.07 Å². The number of halogens is 4. The summed E-state index contributed by atoms with van der Waals surface area (Å²) < 4.78 is 59.2. The smallest absolute Gasteiger partial charge is 0.422 e. The second-order valence-corrected chi connectivity index (χ2v) is 9.54. The largest absolute Gasteiger partial charge is 0.467 e. The molecule has 0 atom stereocenters. The van der Waals surface area contributed by atoms with Crippen molar-refractivity contribution < 1.29 is 22.3 Å². The lowest BCUT2D eigenvalue weighted by Crippen LogP contribution is -2.37. The maximum atomic E-state index is 14.6. The van der Waals surface area contributed by atoms with Crippen LogP contribution in [0.15, 0.2) is 47.8 Å². The Morgan fingerprint density at radius 2 is 1.69 bits per heavy atom. The van der Waals surface area contributed by atoms with E-state index >= 15 is 0 Å². The van der Waals surface area contributed by atoms with Gasteiger partial charge in [-0.05, 0) is 49.8 Å². The number of hydrogen-bond donors (Lipinski definition) is 0. The third kappa shape index (κ3) is 5.41. The number of piperidine rings is 1. The van der Waals surface area contributed by atoms with Crippen LogP contribution in [0.5, 0.6) is 5.88 Å². The molecular weight excluding hydrogens is 516 g/mol. The number of aromatic nitrogens is 5. The van der Waals surface area contributed by atoms with Crippen molar-refractivity contribution in [2.24, 2.45) is 0 Å². The number of rotatable bonds is 6. The van der Waals surface area contributed by atoms with E-state index in [0.29, 0.717) is 48.3 Å². The van der Waals surface area contributed by atoms with Gasteiger partial charge in [-0.3, -0.25) is 19.3 Å². The van der Waals surface area contributed by atoms with Crippen molar-refractivity contribution in [1.82, 2.24) is 24.5 Å². The Balaban J connectivity index is 1.50. The Bertz CT molecular complexity index is 1540. The maximum absolute atomic E-state index is 14.6. The molecule has 0 bridgehead atoms. The van der Waals surface area contributed by atoms with E-state index in [1.165, 1.54) is 35.4 Å². The molecule has 4 aromatic rings. The van der Waals surface area contributed by atoms with Crippen LogP contribution in [0.25, 0.3) is 11.2 Å². The van der Waals surface area contributed by atoms with E-state index in [9.17, 15) is 22.4 Å². The summed E-state index contributed by atoms with van der Waals surface area (Å²) in [5.74, 6) is -0.712. The summed E-state index contributed by atoms with van der Waals surface area (Å²) in [5.41, 5.74) is 3.23. The van der Waals surface area contributed by atoms with Crippen LogP contribution in [-0.2, 0) is 6.54 Å². The summed E-state index contributed by atoms with van der Waals surface area (Å²) in [6, 6.07) is 4.99. The molecule has 0 saturated carbocycles. The second kappa shape index (κ2) is 10.6. The van der Waals surface area contributed by atoms with Gasteiger partial charge in [-0.1, -0.05) is 12.1 Å². The molecule has 12 heteroatoms. The second-order valence-electron chi connectivity index (χ2n) is 9.54. The molecule has 204 valence electrons. The van der Waals surface area contributed by atoms with Crippen molar-refractivity contribution in [3.05, 3.63) is 81.5 Å². The number of alkyl halides is 3. The van der Waals surface area contributed by atoms with Gasteiger partial charge in [0.15, 0.2) is 12.3 Å². The van der Waals surface area contributed by atoms with Crippen LogP contribution in [0.1, 0.15) is 41.1 Å². The average molecular weight is 543 g/mol. The molecule has 4 heterocycles. The summed E-state index contributed by atoms with van der Waals surface area (Å²) in [4.78, 5) is 32.8. The summed E-state index contributed by atoms with van der Waals surface area (Å²) in [7, 11) is 0. The van der Waals surface area contributed by atoms with E-state index in [4.69, 9.17) is 4.74 Å². The number of hydrogen-bond acceptors (Lipinski definition) is 7. The van der Waals surface area contributed by atoms with Gasteiger partial charge in [0.1, 0.15) is 17.0 Å². The van der Waals surface area contributed by atoms with Crippen molar-refractivity contribution in [2.45, 2.75) is 45.3 Å². The molecule has 0 spiro atoms. The van der Waals surface area contributed by atoms with Crippen molar-refractivity contribution >= 4 is 16.9 Å². The Morgan fingerprint density at radius 3 is 2.41 bits per heavy atom. The zero-order valence-electron chi connectivity index (χ0n) is 21.4. The van der Waals surface area contributed by atoms with E-state index in [-0.39, 0.29) is 41.1 Å². The number of benzene rings is 1. The summed E-state index contributed by atoms with van der Waals surface area (Å²) >= 11 is 0. The Morgan fingerprint density at radius 1 is 1.00 bits per heavy atom. The predicted molar refractivity (Wildman–Crippen MR) is 137 cm³/mol. The molecule has 5 rings (SSSR count). The molecule has 0 amide bonds. The first-order chi connectivity index (χ1) is 18.6. The maximum Gasteiger partial charge on any atom is 0.422 e. The van der Waals surface area contributed by atoms with Gasteiger partial charge in [-0.2, -0.15) is 13.2 Å². The number of ether oxygens (including phenoxy) is 1. The minimum atomic E-state index is -4.56. The van der Waals surface area contributed by atoms with Gasteiger partial charge in [0.2, 0.25) is 5.88 Å². The molecule has 1 aliphatic heterocycles. The predicted octanol–water partition coefficient (Wildman–Crippen LogP) is 4.71. The van der Waals surface area contributed by atoms with Gasteiger partial charge in [0.05, 0.1) is 12.2 Å². The fraction of sp³-hybridized carbons (Fsp3) is 0.370. The van der Waals surface area contributed by atoms with E-state index in [2.05, 4.69) is 19.9 Å². The zero-order valence-corrected chi connectivity index (χ0v) is 21.4. The zero-order chi connectivity index (χ0) is 27.7. The molecule has 0 unspecified atom stereocenters. The van der Waals surface area contributed by atoms with Crippen LogP contribution in [0.3, 0.4) is 0 Å². The van der Waals surface area contributed by atoms with Gasteiger partial charge in [0.25, 0.3) is 5.56 Å². The van der Waals surface area contributed by atoms with Crippen molar-refractivity contribution in [1.29, 1.82) is 0 Å². The van der Waals surface area contributed by atoms with Crippen molar-refractivity contribution in [3.8, 4) is 5.88 Å². The summed E-state index contributed by atoms with van der Waals surface area (Å²) in [5, 5.41) is 0. The van der Waals surface area contributed by atoms with Crippen molar-refractivity contribution in [3.63, 3.8) is 0 Å². The highest BCUT2D eigenvalue weighted by Crippen LogP contribution is 2.34. The van der Waals surface area contributed by atoms with Crippen LogP contribution >= 0.6 is 0 Å². The van der Waals surface area contributed by atoms with Gasteiger partial charge in [-0.25, -0.2) is 14.4 Å². The molecular formula is C27H26F4N6O2. The lowest BCUT2D eigenvalue weighted by atomic mass is 9.87. The van der Waals surface area contributed by atoms with E-state index in [0.717, 1.165) is 5.56 Å². The number of aryl methyl sites for hydroxylation is 2. The van der Waals surface area contributed by atoms with E-state index < -0.39 is 12.8 Å². The molecule has 1 saturated heterocycles. The number of anilines is 1. The minimum Gasteiger partial charge on any atom is -0.467 e. The molecule has 1 aliphatic rings. The standard InChI is InChI=1S/C27H26F4N6O2/c1-16-4-3-5-19(28)23(16)36-12-6-18(7-13-36)21-17(2)22-24(34-10-9-33-22)37(26(21)38)14-20-25(35-11-8-32-20)39-15-27(29,30)31/h3-5,8-11,18H,6-7,12-15H2,1-2H3. The first kappa shape index (κ1) is 26.5. The summed E-state index contributed by atoms with van der Waals surface area (Å²) in [6.45, 7) is 3.08. The number of pyridine rings is 1. The van der Waals surface area contributed by atoms with Crippen LogP contribution in [0.2, 0.25) is 0 Å². The molecule has 0 radical (unpaired) electrons. The number of nitrogens with zero attached hydrogens (tertiary/aromatic N) is 6. The lowest BCUT2D eigenvalue weighted by Gasteiger charge is -2.35. The molecule has 1 fully saturated rings. The van der Waals surface area contributed by atoms with Crippen LogP contribution in [-0.4, -0.2) is 50.4 Å². The number of para-hydroxylation sites is 1. The Kier molecular flexibility index (Phi) is 7.19. The Hall–Kier alpha value is -4.09. The quantitative estimate of drug-likeness (QED) is 0.326. The minimum absolute atomic E-state index is 0.0652. The number of fused-ring (bicyclic) bond motifs is 1. The van der Waals surface area contributed by atoms with Gasteiger partial charge in [-0.15, -0.1) is 0 Å². The van der Waals surface area contributed by atoms with Gasteiger partial charge in [0, 0.05) is 43.4 Å². The van der Waals surface area contributed by atoms with Crippen LogP contribution in [0.4, 0.5) is 23.2 Å². The summed E-state index contributed by atoms with van der Waals surface area (Å²) in [6.07, 6.45) is 2.19. The van der Waals surface area contributed by atoms with Gasteiger partial charge >= 0.3 is 6.18 Å². The fourth-order valence-corrected chi connectivity index (χ4v) is 5.25. The van der Waals surface area contributed by atoms with Crippen molar-refractivity contribution in [2.75, 3.05) is 24.6 Å². The highest BCUT2D eigenvalue weighted by atomic mass is 19.4. The van der Waals surface area contributed by atoms with Crippen LogP contribution in [0, 0.1) is 19.7 Å². The molecule has 1 aromatic carbocycles. The first-order valence-corrected chi connectivity index (χ1v) is 12.5. The normalized spacial score (nSPS) is 14.7. The molecule has 8 nitrogen and oxygen atoms in total. The molecule has 0 N–H and O–H groups in total. The fourth-order valence-electron chi connectivity index (χ4n) is 5.25. The monoisotopic (exact) mass is 542 g/mol. The average Bonchev–Trinajstić information content (AvgIpc) is 2.91. The topological polar surface area (TPSA) is 86.0 Å².